The number of hydrogen-bond acceptors (Lipinski definition) is 4. The molecule has 0 radical (unpaired) electrons. The minimum Gasteiger partial charge on any atom is -0.368 e. The minimum atomic E-state index is -0.734. The van der Waals surface area contributed by atoms with E-state index in [1.54, 1.807) is 11.3 Å². The highest BCUT2D eigenvalue weighted by atomic mass is 32.1. The highest BCUT2D eigenvalue weighted by molar-refractivity contribution is 7.33. The van der Waals surface area contributed by atoms with E-state index in [4.69, 9.17) is 5.73 Å². The third-order valence-electron chi connectivity index (χ3n) is 4.20. The van der Waals surface area contributed by atoms with Crippen molar-refractivity contribution in [3.63, 3.8) is 0 Å². The Morgan fingerprint density at radius 2 is 1.69 bits per heavy atom. The van der Waals surface area contributed by atoms with Gasteiger partial charge in [0.25, 0.3) is 5.91 Å². The highest BCUT2D eigenvalue weighted by Crippen LogP contribution is 2.39. The molecule has 0 aliphatic heterocycles. The quantitative estimate of drug-likeness (QED) is 0.550. The van der Waals surface area contributed by atoms with Crippen LogP contribution in [0.25, 0.3) is 19.5 Å². The van der Waals surface area contributed by atoms with E-state index in [0.29, 0.717) is 11.3 Å². The summed E-state index contributed by atoms with van der Waals surface area (Å²) >= 11 is 3.11. The largest absolute Gasteiger partial charge is 0.368 e. The zero-order chi connectivity index (χ0) is 18.1. The van der Waals surface area contributed by atoms with Crippen molar-refractivity contribution in [2.24, 2.45) is 5.73 Å². The van der Waals surface area contributed by atoms with Crippen molar-refractivity contribution >= 4 is 54.0 Å². The molecule has 26 heavy (non-hydrogen) atoms. The van der Waals surface area contributed by atoms with Gasteiger partial charge in [-0.05, 0) is 17.7 Å². The van der Waals surface area contributed by atoms with Crippen LogP contribution in [0, 0.1) is 0 Å². The zero-order valence-corrected chi connectivity index (χ0v) is 15.4. The molecule has 0 unspecified atom stereocenters. The van der Waals surface area contributed by atoms with Gasteiger partial charge in [-0.3, -0.25) is 9.59 Å². The van der Waals surface area contributed by atoms with E-state index in [9.17, 15) is 9.59 Å². The van der Waals surface area contributed by atoms with Crippen LogP contribution in [0.5, 0.6) is 0 Å². The van der Waals surface area contributed by atoms with Gasteiger partial charge >= 0.3 is 0 Å². The summed E-state index contributed by atoms with van der Waals surface area (Å²) in [5.74, 6) is -0.798. The molecule has 4 rings (SSSR count). The molecule has 2 aromatic carbocycles. The maximum atomic E-state index is 12.6. The molecule has 2 aromatic heterocycles. The number of thiophene rings is 2. The Hall–Kier alpha value is -2.70. The van der Waals surface area contributed by atoms with Gasteiger partial charge in [-0.25, -0.2) is 0 Å². The predicted molar refractivity (Wildman–Crippen MR) is 108 cm³/mol. The van der Waals surface area contributed by atoms with Crippen LogP contribution >= 0.6 is 22.7 Å². The second-order valence-electron chi connectivity index (χ2n) is 6.02. The summed E-state index contributed by atoms with van der Waals surface area (Å²) in [4.78, 5) is 25.0. The number of hydrogen-bond donors (Lipinski definition) is 2. The molecule has 6 heteroatoms. The van der Waals surface area contributed by atoms with E-state index in [2.05, 4.69) is 17.4 Å². The number of primary amides is 1. The van der Waals surface area contributed by atoms with E-state index in [0.717, 1.165) is 20.3 Å². The molecule has 0 aliphatic rings. The average molecular weight is 380 g/mol. The fraction of sp³-hybridized carbons (Fsp3) is 0.100. The molecule has 2 amide bonds. The first-order chi connectivity index (χ1) is 12.6. The van der Waals surface area contributed by atoms with E-state index < -0.39 is 11.9 Å². The fourth-order valence-corrected chi connectivity index (χ4v) is 5.34. The molecule has 0 fully saturated rings. The van der Waals surface area contributed by atoms with Crippen molar-refractivity contribution in [2.75, 3.05) is 0 Å². The highest BCUT2D eigenvalue weighted by Gasteiger charge is 2.21. The summed E-state index contributed by atoms with van der Waals surface area (Å²) in [5.41, 5.74) is 6.45. The summed E-state index contributed by atoms with van der Waals surface area (Å²) in [6, 6.07) is 18.8. The van der Waals surface area contributed by atoms with Gasteiger partial charge in [-0.15, -0.1) is 22.7 Å². The monoisotopic (exact) mass is 380 g/mol. The molecule has 2 heterocycles. The van der Waals surface area contributed by atoms with Crippen LogP contribution in [-0.2, 0) is 11.2 Å². The smallest absolute Gasteiger partial charge is 0.262 e. The lowest BCUT2D eigenvalue weighted by Gasteiger charge is -2.15. The van der Waals surface area contributed by atoms with Gasteiger partial charge in [0.1, 0.15) is 6.04 Å². The summed E-state index contributed by atoms with van der Waals surface area (Å²) < 4.78 is 3.40. The van der Waals surface area contributed by atoms with Gasteiger partial charge in [0, 0.05) is 21.2 Å². The Labute approximate surface area is 158 Å². The molecule has 0 aliphatic carbocycles. The lowest BCUT2D eigenvalue weighted by atomic mass is 10.1. The number of benzene rings is 2. The summed E-state index contributed by atoms with van der Waals surface area (Å²) in [6.45, 7) is 0. The standard InChI is InChI=1S/C20H16N2O2S2/c21-19(23)14(10-12-6-2-1-3-7-12)22-20(24)17-11-16-18(26-17)13-8-4-5-9-15(13)25-16/h1-9,11,14H,10H2,(H2,21,23)(H,22,24)/t14-/m1/s1. The normalized spacial score (nSPS) is 12.3. The summed E-state index contributed by atoms with van der Waals surface area (Å²) in [7, 11) is 0. The molecule has 1 atom stereocenters. The number of carbonyl (C=O) groups excluding carboxylic acids is 2. The van der Waals surface area contributed by atoms with Gasteiger partial charge in [-0.1, -0.05) is 48.5 Å². The zero-order valence-electron chi connectivity index (χ0n) is 13.8. The molecular weight excluding hydrogens is 364 g/mol. The Morgan fingerprint density at radius 3 is 2.46 bits per heavy atom. The van der Waals surface area contributed by atoms with E-state index in [1.165, 1.54) is 16.0 Å². The lowest BCUT2D eigenvalue weighted by molar-refractivity contribution is -0.119. The van der Waals surface area contributed by atoms with Gasteiger partial charge < -0.3 is 11.1 Å². The van der Waals surface area contributed by atoms with Crippen molar-refractivity contribution in [3.05, 3.63) is 71.1 Å². The van der Waals surface area contributed by atoms with Crippen LogP contribution < -0.4 is 11.1 Å². The molecule has 0 bridgehead atoms. The van der Waals surface area contributed by atoms with Crippen LogP contribution in [-0.4, -0.2) is 17.9 Å². The summed E-state index contributed by atoms with van der Waals surface area (Å²) in [5, 5.41) is 3.94. The molecule has 0 saturated carbocycles. The molecule has 4 nitrogen and oxygen atoms in total. The average Bonchev–Trinajstić information content (AvgIpc) is 3.20. The maximum Gasteiger partial charge on any atom is 0.262 e. The van der Waals surface area contributed by atoms with Crippen LogP contribution in [0.15, 0.2) is 60.7 Å². The minimum absolute atomic E-state index is 0.262. The SMILES string of the molecule is NC(=O)[C@@H](Cc1ccccc1)NC(=O)c1cc2sc3ccccc3c2s1. The number of rotatable bonds is 5. The molecule has 0 saturated heterocycles. The molecule has 4 aromatic rings. The number of fused-ring (bicyclic) bond motifs is 3. The molecule has 0 spiro atoms. The third kappa shape index (κ3) is 3.21. The first kappa shape index (κ1) is 16.8. The second kappa shape index (κ2) is 6.90. The first-order valence-electron chi connectivity index (χ1n) is 8.17. The van der Waals surface area contributed by atoms with E-state index >= 15 is 0 Å². The molecule has 3 N–H and O–H groups in total. The maximum absolute atomic E-state index is 12.6. The van der Waals surface area contributed by atoms with Crippen LogP contribution in [0.4, 0.5) is 0 Å². The van der Waals surface area contributed by atoms with Crippen LogP contribution in [0.3, 0.4) is 0 Å². The topological polar surface area (TPSA) is 72.2 Å². The Kier molecular flexibility index (Phi) is 4.44. The number of carbonyl (C=O) groups is 2. The van der Waals surface area contributed by atoms with E-state index in [-0.39, 0.29) is 5.91 Å². The Balaban J connectivity index is 1.57. The van der Waals surface area contributed by atoms with Crippen molar-refractivity contribution in [1.82, 2.24) is 5.32 Å². The number of nitrogens with one attached hydrogen (secondary N) is 1. The first-order valence-corrected chi connectivity index (χ1v) is 9.80. The van der Waals surface area contributed by atoms with Crippen molar-refractivity contribution in [2.45, 2.75) is 12.5 Å². The Bertz CT molecular complexity index is 1100. The lowest BCUT2D eigenvalue weighted by Crippen LogP contribution is -2.45. The molecule has 130 valence electrons. The van der Waals surface area contributed by atoms with Gasteiger partial charge in [0.05, 0.1) is 9.58 Å². The predicted octanol–water partition coefficient (Wildman–Crippen LogP) is 3.94. The second-order valence-corrected chi connectivity index (χ2v) is 8.16. The van der Waals surface area contributed by atoms with Crippen molar-refractivity contribution < 1.29 is 9.59 Å². The summed E-state index contributed by atoms with van der Waals surface area (Å²) in [6.07, 6.45) is 0.380. The molecular formula is C20H16N2O2S2. The Morgan fingerprint density at radius 1 is 0.962 bits per heavy atom. The fourth-order valence-electron chi connectivity index (χ4n) is 2.91. The number of nitrogens with two attached hydrogens (primary N) is 1. The van der Waals surface area contributed by atoms with Crippen LogP contribution in [0.2, 0.25) is 0 Å². The third-order valence-corrected chi connectivity index (χ3v) is 6.62. The van der Waals surface area contributed by atoms with Gasteiger partial charge in [-0.2, -0.15) is 0 Å². The van der Waals surface area contributed by atoms with Gasteiger partial charge in [0.15, 0.2) is 0 Å². The van der Waals surface area contributed by atoms with E-state index in [1.807, 2.05) is 48.5 Å². The van der Waals surface area contributed by atoms with Crippen molar-refractivity contribution in [1.29, 1.82) is 0 Å². The van der Waals surface area contributed by atoms with Crippen molar-refractivity contribution in [3.8, 4) is 0 Å². The van der Waals surface area contributed by atoms with Crippen LogP contribution in [0.1, 0.15) is 15.2 Å². The van der Waals surface area contributed by atoms with Gasteiger partial charge in [0.2, 0.25) is 5.91 Å². The number of amides is 2.